The van der Waals surface area contributed by atoms with Gasteiger partial charge in [-0.1, -0.05) is 46.2 Å². The SMILES string of the molecule is CC[C@@H](C)[C@H]1CN2CCC[C@H]2[C@]2(O)O[C@](NC(=O)[C@H]3C[C@@H]4c5cccc6[nH]cc(c56)C[C@H]4N(C)C3)(C(C)C)C(=O)N12. The van der Waals surface area contributed by atoms with Crippen LogP contribution in [-0.2, 0) is 20.7 Å². The summed E-state index contributed by atoms with van der Waals surface area (Å²) in [6, 6.07) is 6.29. The predicted octanol–water partition coefficient (Wildman–Crippen LogP) is 2.99. The van der Waals surface area contributed by atoms with Crippen LogP contribution in [0.15, 0.2) is 24.4 Å². The van der Waals surface area contributed by atoms with Crippen molar-refractivity contribution in [3.8, 4) is 0 Å². The number of likely N-dealkylation sites (N-methyl/N-ethyl adjacent to an activating group) is 1. The molecule has 222 valence electrons. The molecule has 8 atom stereocenters. The van der Waals surface area contributed by atoms with Gasteiger partial charge in [0.25, 0.3) is 11.8 Å². The molecule has 4 fully saturated rings. The highest BCUT2D eigenvalue weighted by atomic mass is 16.7. The number of nitrogens with zero attached hydrogens (tertiary/aromatic N) is 3. The molecule has 4 aliphatic heterocycles. The van der Waals surface area contributed by atoms with E-state index in [-0.39, 0.29) is 47.6 Å². The van der Waals surface area contributed by atoms with Crippen molar-refractivity contribution in [2.75, 3.05) is 26.7 Å². The summed E-state index contributed by atoms with van der Waals surface area (Å²) >= 11 is 0. The maximum absolute atomic E-state index is 14.5. The van der Waals surface area contributed by atoms with Gasteiger partial charge in [-0.2, -0.15) is 0 Å². The van der Waals surface area contributed by atoms with Crippen LogP contribution in [0.2, 0.25) is 0 Å². The molecule has 5 aliphatic rings. The largest absolute Gasteiger partial charge is 0.361 e. The second kappa shape index (κ2) is 9.53. The molecule has 4 saturated heterocycles. The molecule has 9 nitrogen and oxygen atoms in total. The Morgan fingerprint density at radius 1 is 1.27 bits per heavy atom. The van der Waals surface area contributed by atoms with Crippen LogP contribution in [0.5, 0.6) is 0 Å². The van der Waals surface area contributed by atoms with E-state index in [1.54, 1.807) is 4.90 Å². The minimum Gasteiger partial charge on any atom is -0.361 e. The Balaban J connectivity index is 1.20. The summed E-state index contributed by atoms with van der Waals surface area (Å²) in [6.45, 7) is 10.3. The number of aliphatic hydroxyl groups is 1. The standard InChI is InChI=1S/C32H45N5O4/c1-6-19(4)26-17-36-12-8-11-27(36)32(40)37(26)30(39)31(41-32,18(2)3)34-29(38)21-13-23-22-9-7-10-24-28(22)20(15-33-24)14-25(23)35(5)16-21/h7,9-10,15,18-19,21,23,25-27,33,40H,6,8,11-14,16-17H2,1-5H3,(H,34,38)/t19-,21+,23-,25-,26-,27+,31-,32+/m1/s1. The Labute approximate surface area is 242 Å². The van der Waals surface area contributed by atoms with Crippen LogP contribution < -0.4 is 5.32 Å². The van der Waals surface area contributed by atoms with Crippen LogP contribution >= 0.6 is 0 Å². The number of benzene rings is 1. The van der Waals surface area contributed by atoms with Gasteiger partial charge >= 0.3 is 0 Å². The molecule has 0 radical (unpaired) electrons. The van der Waals surface area contributed by atoms with Crippen LogP contribution in [0.1, 0.15) is 70.4 Å². The number of aromatic nitrogens is 1. The number of piperidine rings is 1. The van der Waals surface area contributed by atoms with E-state index in [9.17, 15) is 14.7 Å². The van der Waals surface area contributed by atoms with Crippen molar-refractivity contribution in [2.24, 2.45) is 17.8 Å². The third-order valence-corrected chi connectivity index (χ3v) is 11.3. The second-order valence-electron chi connectivity index (χ2n) is 13.8. The fourth-order valence-corrected chi connectivity index (χ4v) is 8.77. The average Bonchev–Trinajstić information content (AvgIpc) is 3.65. The third-order valence-electron chi connectivity index (χ3n) is 11.3. The Morgan fingerprint density at radius 2 is 2.07 bits per heavy atom. The lowest BCUT2D eigenvalue weighted by molar-refractivity contribution is -0.331. The first-order chi connectivity index (χ1) is 19.6. The molecule has 0 saturated carbocycles. The number of hydrogen-bond donors (Lipinski definition) is 3. The maximum Gasteiger partial charge on any atom is 0.280 e. The molecule has 0 bridgehead atoms. The first-order valence-corrected chi connectivity index (χ1v) is 15.7. The monoisotopic (exact) mass is 563 g/mol. The van der Waals surface area contributed by atoms with Crippen molar-refractivity contribution >= 4 is 22.7 Å². The number of aromatic amines is 1. The summed E-state index contributed by atoms with van der Waals surface area (Å²) < 4.78 is 6.57. The van der Waals surface area contributed by atoms with Crippen LogP contribution in [0.3, 0.4) is 0 Å². The molecule has 2 aromatic rings. The fourth-order valence-electron chi connectivity index (χ4n) is 8.77. The van der Waals surface area contributed by atoms with E-state index in [0.717, 1.165) is 44.3 Å². The maximum atomic E-state index is 14.5. The normalized spacial score (nSPS) is 37.8. The highest BCUT2D eigenvalue weighted by molar-refractivity contribution is 5.94. The molecule has 0 spiro atoms. The van der Waals surface area contributed by atoms with Crippen molar-refractivity contribution in [1.82, 2.24) is 25.0 Å². The lowest BCUT2D eigenvalue weighted by Gasteiger charge is -2.51. The van der Waals surface area contributed by atoms with E-state index in [1.165, 1.54) is 16.5 Å². The number of amides is 2. The quantitative estimate of drug-likeness (QED) is 0.517. The van der Waals surface area contributed by atoms with Crippen molar-refractivity contribution in [3.05, 3.63) is 35.5 Å². The number of carbonyl (C=O) groups is 2. The molecular weight excluding hydrogens is 518 g/mol. The predicted molar refractivity (Wildman–Crippen MR) is 156 cm³/mol. The summed E-state index contributed by atoms with van der Waals surface area (Å²) in [4.78, 5) is 38.3. The number of rotatable bonds is 5. The number of nitrogens with one attached hydrogen (secondary N) is 2. The first-order valence-electron chi connectivity index (χ1n) is 15.7. The van der Waals surface area contributed by atoms with Gasteiger partial charge in [0.1, 0.15) is 0 Å². The minimum absolute atomic E-state index is 0.170. The van der Waals surface area contributed by atoms with Gasteiger partial charge in [-0.05, 0) is 62.4 Å². The number of likely N-dealkylation sites (tertiary alicyclic amines) is 1. The molecule has 1 aromatic heterocycles. The smallest absolute Gasteiger partial charge is 0.280 e. The summed E-state index contributed by atoms with van der Waals surface area (Å²) in [5.41, 5.74) is 2.19. The van der Waals surface area contributed by atoms with Gasteiger partial charge in [0.15, 0.2) is 0 Å². The van der Waals surface area contributed by atoms with E-state index < -0.39 is 11.6 Å². The summed E-state index contributed by atoms with van der Waals surface area (Å²) in [7, 11) is 2.11. The Hall–Kier alpha value is -2.46. The van der Waals surface area contributed by atoms with Gasteiger partial charge in [0.2, 0.25) is 11.6 Å². The zero-order valence-corrected chi connectivity index (χ0v) is 25.0. The lowest BCUT2D eigenvalue weighted by Crippen LogP contribution is -2.70. The van der Waals surface area contributed by atoms with Gasteiger partial charge in [-0.3, -0.25) is 24.1 Å². The second-order valence-corrected chi connectivity index (χ2v) is 13.8. The zero-order chi connectivity index (χ0) is 28.8. The molecular formula is C32H45N5O4. The topological polar surface area (TPSA) is 101 Å². The van der Waals surface area contributed by atoms with E-state index in [2.05, 4.69) is 65.4 Å². The first kappa shape index (κ1) is 27.4. The van der Waals surface area contributed by atoms with Gasteiger partial charge in [-0.25, -0.2) is 0 Å². The Bertz CT molecular complexity index is 1380. The van der Waals surface area contributed by atoms with Gasteiger partial charge < -0.3 is 20.3 Å². The molecule has 5 heterocycles. The molecule has 3 N–H and O–H groups in total. The van der Waals surface area contributed by atoms with Gasteiger partial charge in [0.05, 0.1) is 18.0 Å². The number of piperazine rings is 1. The van der Waals surface area contributed by atoms with Gasteiger partial charge in [-0.15, -0.1) is 0 Å². The van der Waals surface area contributed by atoms with Crippen molar-refractivity contribution in [2.45, 2.75) is 95.5 Å². The number of H-pyrrole nitrogens is 1. The van der Waals surface area contributed by atoms with E-state index >= 15 is 0 Å². The number of ether oxygens (including phenoxy) is 1. The van der Waals surface area contributed by atoms with Crippen molar-refractivity contribution < 1.29 is 19.4 Å². The van der Waals surface area contributed by atoms with Crippen molar-refractivity contribution in [3.63, 3.8) is 0 Å². The highest BCUT2D eigenvalue weighted by Crippen LogP contribution is 2.49. The zero-order valence-electron chi connectivity index (χ0n) is 25.0. The summed E-state index contributed by atoms with van der Waals surface area (Å²) in [6.07, 6.45) is 6.41. The number of hydrogen-bond acceptors (Lipinski definition) is 6. The van der Waals surface area contributed by atoms with E-state index in [4.69, 9.17) is 4.74 Å². The molecule has 0 unspecified atom stereocenters. The molecule has 41 heavy (non-hydrogen) atoms. The van der Waals surface area contributed by atoms with Crippen LogP contribution in [-0.4, -0.2) is 93.0 Å². The lowest BCUT2D eigenvalue weighted by atomic mass is 9.72. The number of carbonyl (C=O) groups excluding carboxylic acids is 2. The molecule has 1 aromatic carbocycles. The molecule has 7 rings (SSSR count). The molecule has 1 aliphatic carbocycles. The Kier molecular flexibility index (Phi) is 6.36. The Morgan fingerprint density at radius 3 is 2.83 bits per heavy atom. The number of fused-ring (bicyclic) bond motifs is 5. The van der Waals surface area contributed by atoms with Gasteiger partial charge in [0, 0.05) is 48.1 Å². The van der Waals surface area contributed by atoms with Crippen LogP contribution in [0.4, 0.5) is 0 Å². The van der Waals surface area contributed by atoms with Crippen molar-refractivity contribution in [1.29, 1.82) is 0 Å². The fraction of sp³-hybridized carbons (Fsp3) is 0.688. The average molecular weight is 564 g/mol. The van der Waals surface area contributed by atoms with Crippen LogP contribution in [0, 0.1) is 17.8 Å². The van der Waals surface area contributed by atoms with E-state index in [0.29, 0.717) is 19.0 Å². The van der Waals surface area contributed by atoms with E-state index in [1.807, 2.05) is 13.8 Å². The minimum atomic E-state index is -1.75. The third kappa shape index (κ3) is 3.81. The highest BCUT2D eigenvalue weighted by Gasteiger charge is 2.70. The summed E-state index contributed by atoms with van der Waals surface area (Å²) in [5, 5.41) is 16.6. The molecule has 2 amide bonds. The molecule has 9 heteroatoms. The van der Waals surface area contributed by atoms with Crippen LogP contribution in [0.25, 0.3) is 10.9 Å². The summed E-state index contributed by atoms with van der Waals surface area (Å²) in [5.74, 6) is -2.48.